The van der Waals surface area contributed by atoms with Gasteiger partial charge in [-0.1, -0.05) is 57.2 Å². The maximum atomic E-state index is 5.76. The summed E-state index contributed by atoms with van der Waals surface area (Å²) in [5, 5.41) is 0. The average Bonchev–Trinajstić information content (AvgIpc) is 1.78. The minimum absolute atomic E-state index is 0.344. The van der Waals surface area contributed by atoms with E-state index in [1.54, 1.807) is 0 Å². The molecular formula is C10H22IN. The molecule has 12 heavy (non-hydrogen) atoms. The van der Waals surface area contributed by atoms with Gasteiger partial charge in [0.2, 0.25) is 0 Å². The zero-order valence-corrected chi connectivity index (χ0v) is 11.1. The van der Waals surface area contributed by atoms with Crippen molar-refractivity contribution < 1.29 is 0 Å². The molecule has 0 aliphatic heterocycles. The molecule has 0 bridgehead atoms. The van der Waals surface area contributed by atoms with Gasteiger partial charge < -0.3 is 5.73 Å². The minimum atomic E-state index is 0.344. The molecule has 1 nitrogen and oxygen atoms in total. The Morgan fingerprint density at radius 3 is 1.67 bits per heavy atom. The molecule has 74 valence electrons. The van der Waals surface area contributed by atoms with Crippen molar-refractivity contribution in [2.75, 3.05) is 6.54 Å². The predicted octanol–water partition coefficient (Wildman–Crippen LogP) is 3.21. The number of nitrogens with two attached hydrogens (primary N) is 1. The molecule has 0 heterocycles. The second-order valence-corrected chi connectivity index (χ2v) is 8.14. The highest BCUT2D eigenvalue weighted by molar-refractivity contribution is 14.1. The summed E-state index contributed by atoms with van der Waals surface area (Å²) in [6.45, 7) is 12.1. The van der Waals surface area contributed by atoms with Crippen LogP contribution < -0.4 is 5.73 Å². The van der Waals surface area contributed by atoms with E-state index < -0.39 is 0 Å². The van der Waals surface area contributed by atoms with Crippen LogP contribution in [0.4, 0.5) is 0 Å². The molecule has 0 aromatic rings. The third-order valence-corrected chi connectivity index (χ3v) is 2.68. The van der Waals surface area contributed by atoms with Crippen LogP contribution in [0.3, 0.4) is 0 Å². The standard InChI is InChI=1S/C10H22IN/c1-9(2,3)8(7-12)6-10(4,5)11/h8H,6-7,12H2,1-5H3. The number of hydrogen-bond acceptors (Lipinski definition) is 1. The lowest BCUT2D eigenvalue weighted by molar-refractivity contribution is 0.222. The lowest BCUT2D eigenvalue weighted by Gasteiger charge is -2.33. The van der Waals surface area contributed by atoms with Crippen LogP contribution in [0.15, 0.2) is 0 Å². The predicted molar refractivity (Wildman–Crippen MR) is 64.7 cm³/mol. The molecule has 1 atom stereocenters. The molecule has 0 rings (SSSR count). The van der Waals surface area contributed by atoms with Crippen LogP contribution in [0, 0.1) is 11.3 Å². The Labute approximate surface area is 90.6 Å². The maximum absolute atomic E-state index is 5.76. The SMILES string of the molecule is CC(C)(I)CC(CN)C(C)(C)C. The largest absolute Gasteiger partial charge is 0.330 e. The first kappa shape index (κ1) is 12.7. The third kappa shape index (κ3) is 5.36. The van der Waals surface area contributed by atoms with Gasteiger partial charge >= 0.3 is 0 Å². The van der Waals surface area contributed by atoms with Crippen LogP contribution in [0.25, 0.3) is 0 Å². The van der Waals surface area contributed by atoms with Crippen molar-refractivity contribution >= 4 is 22.6 Å². The molecule has 2 N–H and O–H groups in total. The minimum Gasteiger partial charge on any atom is -0.330 e. The summed E-state index contributed by atoms with van der Waals surface area (Å²) < 4.78 is 0.370. The number of hydrogen-bond donors (Lipinski definition) is 1. The average molecular weight is 283 g/mol. The quantitative estimate of drug-likeness (QED) is 0.624. The van der Waals surface area contributed by atoms with E-state index in [2.05, 4.69) is 57.2 Å². The summed E-state index contributed by atoms with van der Waals surface area (Å²) in [5.41, 5.74) is 6.11. The van der Waals surface area contributed by atoms with E-state index in [-0.39, 0.29) is 0 Å². The molecule has 0 saturated carbocycles. The molecule has 0 fully saturated rings. The Bertz CT molecular complexity index is 130. The van der Waals surface area contributed by atoms with E-state index in [0.717, 1.165) is 6.54 Å². The van der Waals surface area contributed by atoms with Crippen molar-refractivity contribution in [3.63, 3.8) is 0 Å². The highest BCUT2D eigenvalue weighted by atomic mass is 127. The van der Waals surface area contributed by atoms with Gasteiger partial charge in [-0.25, -0.2) is 0 Å². The van der Waals surface area contributed by atoms with Crippen molar-refractivity contribution in [3.05, 3.63) is 0 Å². The summed E-state index contributed by atoms with van der Waals surface area (Å²) in [6.07, 6.45) is 1.20. The van der Waals surface area contributed by atoms with Crippen LogP contribution in [-0.4, -0.2) is 9.97 Å². The lowest BCUT2D eigenvalue weighted by Crippen LogP contribution is -2.32. The molecule has 0 spiro atoms. The van der Waals surface area contributed by atoms with Crippen molar-refractivity contribution in [3.8, 4) is 0 Å². The van der Waals surface area contributed by atoms with Crippen LogP contribution in [-0.2, 0) is 0 Å². The Morgan fingerprint density at radius 1 is 1.17 bits per heavy atom. The van der Waals surface area contributed by atoms with Gasteiger partial charge in [0.05, 0.1) is 0 Å². The van der Waals surface area contributed by atoms with Gasteiger partial charge in [0, 0.05) is 3.42 Å². The normalized spacial score (nSPS) is 16.2. The zero-order valence-electron chi connectivity index (χ0n) is 8.95. The monoisotopic (exact) mass is 283 g/mol. The molecule has 0 radical (unpaired) electrons. The van der Waals surface area contributed by atoms with E-state index in [9.17, 15) is 0 Å². The van der Waals surface area contributed by atoms with Gasteiger partial charge in [-0.3, -0.25) is 0 Å². The van der Waals surface area contributed by atoms with E-state index in [4.69, 9.17) is 5.73 Å². The van der Waals surface area contributed by atoms with Crippen molar-refractivity contribution in [1.82, 2.24) is 0 Å². The molecular weight excluding hydrogens is 261 g/mol. The zero-order chi connectivity index (χ0) is 9.99. The molecule has 0 aromatic heterocycles. The van der Waals surface area contributed by atoms with Crippen molar-refractivity contribution in [2.45, 2.75) is 44.5 Å². The van der Waals surface area contributed by atoms with Gasteiger partial charge in [-0.15, -0.1) is 0 Å². The van der Waals surface area contributed by atoms with Crippen molar-refractivity contribution in [2.24, 2.45) is 17.1 Å². The Balaban J connectivity index is 4.20. The molecule has 0 saturated heterocycles. The highest BCUT2D eigenvalue weighted by Crippen LogP contribution is 2.35. The van der Waals surface area contributed by atoms with E-state index in [1.807, 2.05) is 0 Å². The smallest absolute Gasteiger partial charge is 0.0169 e. The van der Waals surface area contributed by atoms with Crippen LogP contribution >= 0.6 is 22.6 Å². The van der Waals surface area contributed by atoms with Gasteiger partial charge in [0.1, 0.15) is 0 Å². The topological polar surface area (TPSA) is 26.0 Å². The first-order chi connectivity index (χ1) is 5.17. The number of alkyl halides is 1. The van der Waals surface area contributed by atoms with Crippen LogP contribution in [0.5, 0.6) is 0 Å². The molecule has 0 aliphatic rings. The first-order valence-corrected chi connectivity index (χ1v) is 5.63. The van der Waals surface area contributed by atoms with Gasteiger partial charge in [-0.05, 0) is 24.3 Å². The van der Waals surface area contributed by atoms with Gasteiger partial charge in [0.25, 0.3) is 0 Å². The van der Waals surface area contributed by atoms with Crippen molar-refractivity contribution in [1.29, 1.82) is 0 Å². The Hall–Kier alpha value is 0.690. The summed E-state index contributed by atoms with van der Waals surface area (Å²) in [4.78, 5) is 0. The van der Waals surface area contributed by atoms with E-state index in [1.165, 1.54) is 6.42 Å². The summed E-state index contributed by atoms with van der Waals surface area (Å²) >= 11 is 2.50. The molecule has 1 unspecified atom stereocenters. The van der Waals surface area contributed by atoms with Crippen LogP contribution in [0.1, 0.15) is 41.0 Å². The molecule has 0 aromatic carbocycles. The first-order valence-electron chi connectivity index (χ1n) is 4.56. The van der Waals surface area contributed by atoms with Gasteiger partial charge in [-0.2, -0.15) is 0 Å². The second-order valence-electron chi connectivity index (χ2n) is 5.22. The summed E-state index contributed by atoms with van der Waals surface area (Å²) in [5.74, 6) is 0.629. The second kappa shape index (κ2) is 4.27. The van der Waals surface area contributed by atoms with Crippen LogP contribution in [0.2, 0.25) is 0 Å². The maximum Gasteiger partial charge on any atom is 0.0169 e. The molecule has 0 amide bonds. The Kier molecular flexibility index (Phi) is 4.51. The number of halogens is 1. The van der Waals surface area contributed by atoms with E-state index >= 15 is 0 Å². The van der Waals surface area contributed by atoms with Gasteiger partial charge in [0.15, 0.2) is 0 Å². The summed E-state index contributed by atoms with van der Waals surface area (Å²) in [7, 11) is 0. The third-order valence-electron chi connectivity index (χ3n) is 2.24. The fourth-order valence-electron chi connectivity index (χ4n) is 1.33. The fourth-order valence-corrected chi connectivity index (χ4v) is 1.86. The van der Waals surface area contributed by atoms with E-state index in [0.29, 0.717) is 14.8 Å². The lowest BCUT2D eigenvalue weighted by atomic mass is 9.76. The molecule has 2 heteroatoms. The molecule has 0 aliphatic carbocycles. The number of rotatable bonds is 3. The Morgan fingerprint density at radius 2 is 1.58 bits per heavy atom. The highest BCUT2D eigenvalue weighted by Gasteiger charge is 2.28. The fraction of sp³-hybridized carbons (Fsp3) is 1.00. The summed E-state index contributed by atoms with van der Waals surface area (Å²) in [6, 6.07) is 0.